The normalized spacial score (nSPS) is 21.4. The molecule has 0 aliphatic carbocycles. The van der Waals surface area contributed by atoms with Crippen LogP contribution in [0.15, 0.2) is 12.1 Å². The number of benzene rings is 1. The molecule has 1 heterocycles. The maximum Gasteiger partial charge on any atom is 0.321 e. The van der Waals surface area contributed by atoms with Crippen LogP contribution in [-0.4, -0.2) is 35.1 Å². The van der Waals surface area contributed by atoms with E-state index in [2.05, 4.69) is 5.32 Å². The van der Waals surface area contributed by atoms with Gasteiger partial charge in [0.15, 0.2) is 0 Å². The summed E-state index contributed by atoms with van der Waals surface area (Å²) in [4.78, 5) is 24.8. The lowest BCUT2D eigenvalue weighted by Crippen LogP contribution is -2.34. The summed E-state index contributed by atoms with van der Waals surface area (Å²) in [5.41, 5.74) is 1.16. The monoisotopic (exact) mass is 330 g/mol. The molecule has 1 aromatic carbocycles. The Morgan fingerprint density at radius 3 is 2.57 bits per heavy atom. The Morgan fingerprint density at radius 1 is 1.33 bits per heavy atom. The first-order valence-corrected chi connectivity index (χ1v) is 7.30. The molecule has 0 spiro atoms. The van der Waals surface area contributed by atoms with Crippen LogP contribution in [0.5, 0.6) is 0 Å². The quantitative estimate of drug-likeness (QED) is 0.872. The molecule has 1 fully saturated rings. The van der Waals surface area contributed by atoms with Gasteiger partial charge in [0.05, 0.1) is 21.7 Å². The molecule has 5 nitrogen and oxygen atoms in total. The van der Waals surface area contributed by atoms with Gasteiger partial charge in [0.25, 0.3) is 0 Å². The average molecular weight is 331 g/mol. The van der Waals surface area contributed by atoms with Crippen molar-refractivity contribution in [3.8, 4) is 0 Å². The molecule has 21 heavy (non-hydrogen) atoms. The number of hydrogen-bond acceptors (Lipinski definition) is 2. The Kier molecular flexibility index (Phi) is 4.64. The molecule has 0 radical (unpaired) electrons. The number of hydrogen-bond donors (Lipinski definition) is 2. The molecule has 2 unspecified atom stereocenters. The van der Waals surface area contributed by atoms with E-state index in [-0.39, 0.29) is 18.5 Å². The number of halogens is 2. The van der Waals surface area contributed by atoms with E-state index < -0.39 is 11.9 Å². The number of anilines is 1. The average Bonchev–Trinajstić information content (AvgIpc) is 2.81. The third-order valence-corrected chi connectivity index (χ3v) is 4.53. The maximum absolute atomic E-state index is 12.2. The number of carbonyl (C=O) groups excluding carboxylic acids is 1. The van der Waals surface area contributed by atoms with Crippen LogP contribution >= 0.6 is 23.2 Å². The van der Waals surface area contributed by atoms with E-state index in [0.717, 1.165) is 5.56 Å². The van der Waals surface area contributed by atoms with Crippen LogP contribution in [0.25, 0.3) is 0 Å². The summed E-state index contributed by atoms with van der Waals surface area (Å²) in [7, 11) is 0. The number of carbonyl (C=O) groups is 2. The third kappa shape index (κ3) is 3.24. The highest BCUT2D eigenvalue weighted by molar-refractivity contribution is 6.40. The molecule has 0 aromatic heterocycles. The third-order valence-electron chi connectivity index (χ3n) is 3.73. The van der Waals surface area contributed by atoms with Crippen LogP contribution in [0, 0.1) is 18.8 Å². The van der Waals surface area contributed by atoms with Crippen molar-refractivity contribution in [2.75, 3.05) is 18.4 Å². The van der Waals surface area contributed by atoms with Crippen LogP contribution in [0.4, 0.5) is 10.5 Å². The zero-order valence-electron chi connectivity index (χ0n) is 11.7. The molecule has 1 aromatic rings. The molecule has 1 aliphatic heterocycles. The van der Waals surface area contributed by atoms with Gasteiger partial charge in [-0.1, -0.05) is 36.2 Å². The molecule has 2 atom stereocenters. The van der Waals surface area contributed by atoms with Gasteiger partial charge in [-0.05, 0) is 24.5 Å². The van der Waals surface area contributed by atoms with Crippen LogP contribution in [-0.2, 0) is 4.79 Å². The smallest absolute Gasteiger partial charge is 0.321 e. The van der Waals surface area contributed by atoms with E-state index in [9.17, 15) is 9.59 Å². The van der Waals surface area contributed by atoms with Gasteiger partial charge in [-0.3, -0.25) is 4.79 Å². The topological polar surface area (TPSA) is 69.6 Å². The largest absolute Gasteiger partial charge is 0.481 e. The zero-order valence-corrected chi connectivity index (χ0v) is 13.2. The summed E-state index contributed by atoms with van der Waals surface area (Å²) >= 11 is 12.2. The predicted molar refractivity (Wildman–Crippen MR) is 82.1 cm³/mol. The molecule has 114 valence electrons. The molecule has 2 rings (SSSR count). The van der Waals surface area contributed by atoms with Crippen molar-refractivity contribution in [1.82, 2.24) is 4.90 Å². The number of likely N-dealkylation sites (tertiary alicyclic amines) is 1. The zero-order chi connectivity index (χ0) is 15.7. The first kappa shape index (κ1) is 15.9. The Labute approximate surface area is 132 Å². The highest BCUT2D eigenvalue weighted by Gasteiger charge is 2.37. The predicted octanol–water partition coefficient (Wildman–Crippen LogP) is 3.49. The Bertz CT molecular complexity index is 592. The Morgan fingerprint density at radius 2 is 2.00 bits per heavy atom. The highest BCUT2D eigenvalue weighted by atomic mass is 35.5. The van der Waals surface area contributed by atoms with Crippen LogP contribution in [0.1, 0.15) is 12.5 Å². The first-order valence-electron chi connectivity index (χ1n) is 6.54. The van der Waals surface area contributed by atoms with Gasteiger partial charge < -0.3 is 15.3 Å². The maximum atomic E-state index is 12.2. The number of carboxylic acids is 1. The van der Waals surface area contributed by atoms with Crippen LogP contribution in [0.3, 0.4) is 0 Å². The standard InChI is InChI=1S/C14H16Cl2N2O3/c1-7-3-4-10(15)12(11(7)16)17-14(21)18-5-8(2)9(6-18)13(19)20/h3-4,8-9H,5-6H2,1-2H3,(H,17,21)(H,19,20). The molecular formula is C14H16Cl2N2O3. The molecule has 7 heteroatoms. The number of rotatable bonds is 2. The van der Waals surface area contributed by atoms with Crippen molar-refractivity contribution in [3.05, 3.63) is 27.7 Å². The summed E-state index contributed by atoms with van der Waals surface area (Å²) in [5.74, 6) is -1.51. The van der Waals surface area contributed by atoms with Crippen molar-refractivity contribution in [2.45, 2.75) is 13.8 Å². The van der Waals surface area contributed by atoms with Gasteiger partial charge in [0, 0.05) is 13.1 Å². The van der Waals surface area contributed by atoms with Gasteiger partial charge in [-0.15, -0.1) is 0 Å². The molecule has 1 aliphatic rings. The van der Waals surface area contributed by atoms with Crippen molar-refractivity contribution in [2.24, 2.45) is 11.8 Å². The fourth-order valence-corrected chi connectivity index (χ4v) is 2.88. The van der Waals surface area contributed by atoms with E-state index in [0.29, 0.717) is 22.3 Å². The van der Waals surface area contributed by atoms with Gasteiger partial charge in [0.1, 0.15) is 0 Å². The lowest BCUT2D eigenvalue weighted by molar-refractivity contribution is -0.142. The van der Waals surface area contributed by atoms with Crippen LogP contribution < -0.4 is 5.32 Å². The lowest BCUT2D eigenvalue weighted by atomic mass is 9.99. The van der Waals surface area contributed by atoms with E-state index >= 15 is 0 Å². The minimum absolute atomic E-state index is 0.0864. The highest BCUT2D eigenvalue weighted by Crippen LogP contribution is 2.33. The number of aliphatic carboxylic acids is 1. The Hall–Kier alpha value is -1.46. The van der Waals surface area contributed by atoms with E-state index in [1.165, 1.54) is 4.90 Å². The Balaban J connectivity index is 2.13. The van der Waals surface area contributed by atoms with Crippen molar-refractivity contribution < 1.29 is 14.7 Å². The molecular weight excluding hydrogens is 315 g/mol. The van der Waals surface area contributed by atoms with E-state index in [1.54, 1.807) is 12.1 Å². The number of carboxylic acid groups (broad SMARTS) is 1. The van der Waals surface area contributed by atoms with Crippen molar-refractivity contribution in [1.29, 1.82) is 0 Å². The molecule has 2 N–H and O–H groups in total. The van der Waals surface area contributed by atoms with Crippen LogP contribution in [0.2, 0.25) is 10.0 Å². The van der Waals surface area contributed by atoms with Gasteiger partial charge in [-0.25, -0.2) is 4.79 Å². The summed E-state index contributed by atoms with van der Waals surface area (Å²) in [5, 5.41) is 12.5. The first-order chi connectivity index (χ1) is 9.81. The van der Waals surface area contributed by atoms with E-state index in [1.807, 2.05) is 13.8 Å². The number of nitrogens with one attached hydrogen (secondary N) is 1. The van der Waals surface area contributed by atoms with Gasteiger partial charge >= 0.3 is 12.0 Å². The summed E-state index contributed by atoms with van der Waals surface area (Å²) in [6.45, 7) is 4.21. The second kappa shape index (κ2) is 6.12. The van der Waals surface area contributed by atoms with Gasteiger partial charge in [0.2, 0.25) is 0 Å². The molecule has 0 saturated carbocycles. The number of urea groups is 1. The molecule has 0 bridgehead atoms. The minimum atomic E-state index is -0.885. The second-order valence-corrected chi connectivity index (χ2v) is 6.10. The summed E-state index contributed by atoms with van der Waals surface area (Å²) in [6, 6.07) is 3.03. The molecule has 1 saturated heterocycles. The molecule has 2 amide bonds. The summed E-state index contributed by atoms with van der Waals surface area (Å²) < 4.78 is 0. The number of nitrogens with zero attached hydrogens (tertiary/aromatic N) is 1. The minimum Gasteiger partial charge on any atom is -0.481 e. The summed E-state index contributed by atoms with van der Waals surface area (Å²) in [6.07, 6.45) is 0. The van der Waals surface area contributed by atoms with E-state index in [4.69, 9.17) is 28.3 Å². The SMILES string of the molecule is Cc1ccc(Cl)c(NC(=O)N2CC(C)C(C(=O)O)C2)c1Cl. The number of amides is 2. The fraction of sp³-hybridized carbons (Fsp3) is 0.429. The fourth-order valence-electron chi connectivity index (χ4n) is 2.41. The van der Waals surface area contributed by atoms with Crippen molar-refractivity contribution >= 4 is 40.9 Å². The lowest BCUT2D eigenvalue weighted by Gasteiger charge is -2.18. The van der Waals surface area contributed by atoms with Gasteiger partial charge in [-0.2, -0.15) is 0 Å². The van der Waals surface area contributed by atoms with Crippen molar-refractivity contribution in [3.63, 3.8) is 0 Å². The second-order valence-electron chi connectivity index (χ2n) is 5.31. The number of aryl methyl sites for hydroxylation is 1.